The van der Waals surface area contributed by atoms with E-state index in [0.717, 1.165) is 11.6 Å². The van der Waals surface area contributed by atoms with Crippen LogP contribution in [0.5, 0.6) is 5.75 Å². The van der Waals surface area contributed by atoms with Gasteiger partial charge in [-0.15, -0.1) is 0 Å². The first-order chi connectivity index (χ1) is 12.8. The molecule has 0 bridgehead atoms. The molecular formula is C20H21ClFNO4. The molecule has 0 saturated heterocycles. The SMILES string of the molecule is COc1cccc(C(C)CC(=O)NC(CC(=O)O)c2ccc(Cl)c(F)c2)c1. The number of carboxylic acid groups (broad SMARTS) is 1. The van der Waals surface area contributed by atoms with Crippen molar-refractivity contribution in [2.45, 2.75) is 31.7 Å². The van der Waals surface area contributed by atoms with Gasteiger partial charge in [-0.2, -0.15) is 0 Å². The number of methoxy groups -OCH3 is 1. The number of benzene rings is 2. The molecule has 0 aliphatic carbocycles. The van der Waals surface area contributed by atoms with Crippen molar-refractivity contribution < 1.29 is 23.8 Å². The summed E-state index contributed by atoms with van der Waals surface area (Å²) >= 11 is 5.67. The van der Waals surface area contributed by atoms with E-state index in [9.17, 15) is 14.0 Å². The zero-order valence-corrected chi connectivity index (χ0v) is 15.8. The summed E-state index contributed by atoms with van der Waals surface area (Å²) in [5.74, 6) is -1.50. The number of hydrogen-bond acceptors (Lipinski definition) is 3. The molecule has 1 amide bonds. The fourth-order valence-electron chi connectivity index (χ4n) is 2.75. The summed E-state index contributed by atoms with van der Waals surface area (Å²) in [6.07, 6.45) is -0.209. The lowest BCUT2D eigenvalue weighted by Crippen LogP contribution is -2.31. The summed E-state index contributed by atoms with van der Waals surface area (Å²) in [5.41, 5.74) is 1.28. The van der Waals surface area contributed by atoms with Gasteiger partial charge in [-0.1, -0.05) is 36.7 Å². The summed E-state index contributed by atoms with van der Waals surface area (Å²) in [7, 11) is 1.57. The van der Waals surface area contributed by atoms with Crippen LogP contribution in [0.15, 0.2) is 42.5 Å². The highest BCUT2D eigenvalue weighted by Gasteiger charge is 2.21. The maximum Gasteiger partial charge on any atom is 0.305 e. The molecule has 2 rings (SSSR count). The van der Waals surface area contributed by atoms with Gasteiger partial charge in [0.25, 0.3) is 0 Å². The molecule has 2 aromatic carbocycles. The van der Waals surface area contributed by atoms with Crippen LogP contribution >= 0.6 is 11.6 Å². The Hall–Kier alpha value is -2.60. The van der Waals surface area contributed by atoms with Gasteiger partial charge in [0.15, 0.2) is 0 Å². The zero-order chi connectivity index (χ0) is 20.0. The zero-order valence-electron chi connectivity index (χ0n) is 15.0. The third kappa shape index (κ3) is 5.96. The lowest BCUT2D eigenvalue weighted by molar-refractivity contribution is -0.137. The molecule has 0 saturated carbocycles. The Kier molecular flexibility index (Phi) is 7.19. The van der Waals surface area contributed by atoms with Gasteiger partial charge in [0.05, 0.1) is 24.6 Å². The second kappa shape index (κ2) is 9.37. The maximum atomic E-state index is 13.7. The Morgan fingerprint density at radius 3 is 2.56 bits per heavy atom. The number of carbonyl (C=O) groups is 2. The molecule has 7 heteroatoms. The standard InChI is InChI=1S/C20H21ClFNO4/c1-12(13-4-3-5-15(9-13)27-2)8-19(24)23-18(11-20(25)26)14-6-7-16(21)17(22)10-14/h3-7,9-10,12,18H,8,11H2,1-2H3,(H,23,24)(H,25,26). The first kappa shape index (κ1) is 20.7. The summed E-state index contributed by atoms with van der Waals surface area (Å²) in [6, 6.07) is 10.5. The largest absolute Gasteiger partial charge is 0.497 e. The Bertz CT molecular complexity index is 827. The smallest absolute Gasteiger partial charge is 0.305 e. The molecule has 0 spiro atoms. The van der Waals surface area contributed by atoms with Gasteiger partial charge < -0.3 is 15.2 Å². The van der Waals surface area contributed by atoms with E-state index in [-0.39, 0.29) is 29.7 Å². The van der Waals surface area contributed by atoms with E-state index < -0.39 is 17.8 Å². The number of aliphatic carboxylic acids is 1. The Labute approximate surface area is 162 Å². The Morgan fingerprint density at radius 1 is 1.19 bits per heavy atom. The first-order valence-electron chi connectivity index (χ1n) is 8.40. The third-order valence-corrected chi connectivity index (χ3v) is 4.52. The fraction of sp³-hybridized carbons (Fsp3) is 0.300. The quantitative estimate of drug-likeness (QED) is 0.700. The van der Waals surface area contributed by atoms with Crippen molar-refractivity contribution in [3.8, 4) is 5.75 Å². The monoisotopic (exact) mass is 393 g/mol. The van der Waals surface area contributed by atoms with Crippen LogP contribution in [0.2, 0.25) is 5.02 Å². The molecular weight excluding hydrogens is 373 g/mol. The molecule has 2 atom stereocenters. The average molecular weight is 394 g/mol. The van der Waals surface area contributed by atoms with Crippen LogP contribution in [0.3, 0.4) is 0 Å². The van der Waals surface area contributed by atoms with E-state index in [2.05, 4.69) is 5.32 Å². The van der Waals surface area contributed by atoms with E-state index in [1.54, 1.807) is 7.11 Å². The van der Waals surface area contributed by atoms with Crippen LogP contribution in [0.1, 0.15) is 42.9 Å². The van der Waals surface area contributed by atoms with Crippen molar-refractivity contribution in [3.63, 3.8) is 0 Å². The van der Waals surface area contributed by atoms with E-state index in [4.69, 9.17) is 21.4 Å². The Balaban J connectivity index is 2.10. The van der Waals surface area contributed by atoms with Gasteiger partial charge in [0.2, 0.25) is 5.91 Å². The van der Waals surface area contributed by atoms with E-state index in [1.807, 2.05) is 31.2 Å². The number of halogens is 2. The molecule has 0 radical (unpaired) electrons. The fourth-order valence-corrected chi connectivity index (χ4v) is 2.87. The number of rotatable bonds is 8. The molecule has 0 aliphatic rings. The van der Waals surface area contributed by atoms with Crippen LogP contribution in [-0.2, 0) is 9.59 Å². The van der Waals surface area contributed by atoms with Gasteiger partial charge in [-0.3, -0.25) is 9.59 Å². The number of hydrogen-bond donors (Lipinski definition) is 2. The second-order valence-electron chi connectivity index (χ2n) is 6.27. The van der Waals surface area contributed by atoms with Crippen LogP contribution in [0, 0.1) is 5.82 Å². The molecule has 0 aliphatic heterocycles. The minimum Gasteiger partial charge on any atom is -0.497 e. The summed E-state index contributed by atoms with van der Waals surface area (Å²) in [5, 5.41) is 11.7. The first-order valence-corrected chi connectivity index (χ1v) is 8.78. The van der Waals surface area contributed by atoms with E-state index >= 15 is 0 Å². The predicted octanol–water partition coefficient (Wildman–Crippen LogP) is 4.31. The van der Waals surface area contributed by atoms with Crippen LogP contribution in [0.4, 0.5) is 4.39 Å². The van der Waals surface area contributed by atoms with Gasteiger partial charge in [0.1, 0.15) is 11.6 Å². The van der Waals surface area contributed by atoms with Crippen molar-refractivity contribution in [1.82, 2.24) is 5.32 Å². The lowest BCUT2D eigenvalue weighted by atomic mass is 9.96. The number of amides is 1. The number of ether oxygens (including phenoxy) is 1. The molecule has 0 fully saturated rings. The number of nitrogens with one attached hydrogen (secondary N) is 1. The van der Waals surface area contributed by atoms with E-state index in [1.165, 1.54) is 12.1 Å². The van der Waals surface area contributed by atoms with Crippen LogP contribution in [-0.4, -0.2) is 24.1 Å². The average Bonchev–Trinajstić information content (AvgIpc) is 2.63. The maximum absolute atomic E-state index is 13.7. The number of carbonyl (C=O) groups excluding carboxylic acids is 1. The van der Waals surface area contributed by atoms with E-state index in [0.29, 0.717) is 11.3 Å². The van der Waals surface area contributed by atoms with Crippen molar-refractivity contribution in [1.29, 1.82) is 0 Å². The predicted molar refractivity (Wildman–Crippen MR) is 101 cm³/mol. The van der Waals surface area contributed by atoms with Gasteiger partial charge in [-0.25, -0.2) is 4.39 Å². The van der Waals surface area contributed by atoms with Gasteiger partial charge in [-0.05, 0) is 41.3 Å². The van der Waals surface area contributed by atoms with Crippen molar-refractivity contribution >= 4 is 23.5 Å². The molecule has 2 unspecified atom stereocenters. The summed E-state index contributed by atoms with van der Waals surface area (Å²) in [4.78, 5) is 23.6. The van der Waals surface area contributed by atoms with Crippen molar-refractivity contribution in [2.75, 3.05) is 7.11 Å². The lowest BCUT2D eigenvalue weighted by Gasteiger charge is -2.20. The van der Waals surface area contributed by atoms with Gasteiger partial charge in [0, 0.05) is 6.42 Å². The Morgan fingerprint density at radius 2 is 1.93 bits per heavy atom. The van der Waals surface area contributed by atoms with Crippen molar-refractivity contribution in [2.24, 2.45) is 0 Å². The molecule has 0 heterocycles. The molecule has 2 N–H and O–H groups in total. The van der Waals surface area contributed by atoms with Gasteiger partial charge >= 0.3 is 5.97 Å². The molecule has 27 heavy (non-hydrogen) atoms. The molecule has 5 nitrogen and oxygen atoms in total. The minimum absolute atomic E-state index is 0.0641. The topological polar surface area (TPSA) is 75.6 Å². The molecule has 144 valence electrons. The van der Waals surface area contributed by atoms with Crippen LogP contribution in [0.25, 0.3) is 0 Å². The molecule has 2 aromatic rings. The summed E-state index contributed by atoms with van der Waals surface area (Å²) in [6.45, 7) is 1.89. The highest BCUT2D eigenvalue weighted by atomic mass is 35.5. The second-order valence-corrected chi connectivity index (χ2v) is 6.68. The minimum atomic E-state index is -1.10. The summed E-state index contributed by atoms with van der Waals surface area (Å²) < 4.78 is 18.9. The molecule has 0 aromatic heterocycles. The normalized spacial score (nSPS) is 12.9. The number of carboxylic acids is 1. The third-order valence-electron chi connectivity index (χ3n) is 4.21. The highest BCUT2D eigenvalue weighted by molar-refractivity contribution is 6.30. The van der Waals surface area contributed by atoms with Crippen molar-refractivity contribution in [3.05, 3.63) is 64.4 Å². The highest BCUT2D eigenvalue weighted by Crippen LogP contribution is 2.25. The van der Waals surface area contributed by atoms with Crippen LogP contribution < -0.4 is 10.1 Å².